The number of H-pyrrole nitrogens is 1. The Labute approximate surface area is 98.5 Å². The molecule has 2 rings (SSSR count). The van der Waals surface area contributed by atoms with E-state index in [4.69, 9.17) is 0 Å². The molecule has 3 nitrogen and oxygen atoms in total. The van der Waals surface area contributed by atoms with E-state index in [2.05, 4.69) is 9.97 Å². The van der Waals surface area contributed by atoms with Gasteiger partial charge in [0.25, 0.3) is 5.56 Å². The van der Waals surface area contributed by atoms with E-state index >= 15 is 0 Å². The Morgan fingerprint density at radius 2 is 2.27 bits per heavy atom. The van der Waals surface area contributed by atoms with Crippen LogP contribution in [0.5, 0.6) is 0 Å². The van der Waals surface area contributed by atoms with Gasteiger partial charge in [-0.1, -0.05) is 32.5 Å². The van der Waals surface area contributed by atoms with Crippen LogP contribution in [0.1, 0.15) is 26.5 Å². The molecular formula is C10H16N2OS2. The third-order valence-electron chi connectivity index (χ3n) is 1.79. The summed E-state index contributed by atoms with van der Waals surface area (Å²) in [4.78, 5) is 19.5. The van der Waals surface area contributed by atoms with Gasteiger partial charge in [-0.2, -0.15) is 0 Å². The molecule has 2 heterocycles. The Kier molecular flexibility index (Phi) is 5.25. The SMILES string of the molecule is CC.CCSc1nc2c(c(=O)[nH]1)SCC2. The first-order valence-electron chi connectivity index (χ1n) is 5.20. The summed E-state index contributed by atoms with van der Waals surface area (Å²) in [7, 11) is 0. The Balaban J connectivity index is 0.000000531. The highest BCUT2D eigenvalue weighted by Gasteiger charge is 2.17. The predicted octanol–water partition coefficient (Wildman–Crippen LogP) is 2.56. The number of fused-ring (bicyclic) bond motifs is 1. The molecule has 1 aliphatic rings. The highest BCUT2D eigenvalue weighted by Crippen LogP contribution is 2.27. The van der Waals surface area contributed by atoms with E-state index in [9.17, 15) is 4.79 Å². The fourth-order valence-corrected chi connectivity index (χ4v) is 2.87. The fourth-order valence-electron chi connectivity index (χ4n) is 1.26. The summed E-state index contributed by atoms with van der Waals surface area (Å²) in [5.74, 6) is 1.93. The van der Waals surface area contributed by atoms with Gasteiger partial charge in [0.05, 0.1) is 10.6 Å². The lowest BCUT2D eigenvalue weighted by Crippen LogP contribution is -2.12. The molecule has 1 N–H and O–H groups in total. The number of aromatic nitrogens is 2. The van der Waals surface area contributed by atoms with Gasteiger partial charge in [-0.25, -0.2) is 4.98 Å². The molecule has 0 spiro atoms. The summed E-state index contributed by atoms with van der Waals surface area (Å²) in [5, 5.41) is 0.758. The second-order valence-electron chi connectivity index (χ2n) is 2.68. The first kappa shape index (κ1) is 12.6. The van der Waals surface area contributed by atoms with Crippen molar-refractivity contribution in [3.63, 3.8) is 0 Å². The van der Waals surface area contributed by atoms with E-state index in [0.29, 0.717) is 0 Å². The molecule has 0 atom stereocenters. The number of rotatable bonds is 2. The van der Waals surface area contributed by atoms with E-state index < -0.39 is 0 Å². The molecule has 1 aliphatic heterocycles. The molecule has 1 aromatic heterocycles. The molecule has 0 amide bonds. The molecule has 0 radical (unpaired) electrons. The zero-order valence-corrected chi connectivity index (χ0v) is 10.9. The van der Waals surface area contributed by atoms with Crippen LogP contribution in [-0.4, -0.2) is 21.5 Å². The Morgan fingerprint density at radius 1 is 1.53 bits per heavy atom. The van der Waals surface area contributed by atoms with Gasteiger partial charge in [-0.3, -0.25) is 4.79 Å². The van der Waals surface area contributed by atoms with Crippen LogP contribution in [-0.2, 0) is 6.42 Å². The maximum atomic E-state index is 11.5. The normalized spacial score (nSPS) is 13.0. The molecule has 0 saturated heterocycles. The Morgan fingerprint density at radius 3 is 2.93 bits per heavy atom. The second-order valence-corrected chi connectivity index (χ2v) is 5.04. The smallest absolute Gasteiger partial charge is 0.265 e. The van der Waals surface area contributed by atoms with E-state index in [1.165, 1.54) is 0 Å². The minimum Gasteiger partial charge on any atom is -0.300 e. The summed E-state index contributed by atoms with van der Waals surface area (Å²) < 4.78 is 0. The zero-order chi connectivity index (χ0) is 11.3. The minimum atomic E-state index is 0.0310. The number of thioether (sulfide) groups is 2. The molecule has 84 valence electrons. The van der Waals surface area contributed by atoms with Crippen molar-refractivity contribution in [1.82, 2.24) is 9.97 Å². The van der Waals surface area contributed by atoms with Crippen molar-refractivity contribution in [3.8, 4) is 0 Å². The zero-order valence-electron chi connectivity index (χ0n) is 9.29. The molecule has 0 fully saturated rings. The van der Waals surface area contributed by atoms with Crippen molar-refractivity contribution in [2.45, 2.75) is 37.2 Å². The summed E-state index contributed by atoms with van der Waals surface area (Å²) in [5.41, 5.74) is 1.01. The first-order chi connectivity index (χ1) is 7.31. The van der Waals surface area contributed by atoms with E-state index in [-0.39, 0.29) is 5.56 Å². The monoisotopic (exact) mass is 244 g/mol. The summed E-state index contributed by atoms with van der Waals surface area (Å²) >= 11 is 3.19. The standard InChI is InChI=1S/C8H10N2OS2.C2H6/c1-2-12-8-9-5-3-4-13-6(5)7(11)10-8;1-2/h2-4H2,1H3,(H,9,10,11);1-2H3. The van der Waals surface area contributed by atoms with Gasteiger partial charge in [0.1, 0.15) is 0 Å². The van der Waals surface area contributed by atoms with Crippen molar-refractivity contribution in [3.05, 3.63) is 16.0 Å². The Bertz CT molecular complexity index is 376. The van der Waals surface area contributed by atoms with Crippen LogP contribution in [0.15, 0.2) is 14.8 Å². The fraction of sp³-hybridized carbons (Fsp3) is 0.600. The van der Waals surface area contributed by atoms with Crippen LogP contribution >= 0.6 is 23.5 Å². The average molecular weight is 244 g/mol. The largest absolute Gasteiger partial charge is 0.300 e. The predicted molar refractivity (Wildman–Crippen MR) is 67.0 cm³/mol. The molecule has 0 unspecified atom stereocenters. The van der Waals surface area contributed by atoms with Crippen molar-refractivity contribution >= 4 is 23.5 Å². The lowest BCUT2D eigenvalue weighted by atomic mass is 10.3. The molecule has 1 aromatic rings. The van der Waals surface area contributed by atoms with Crippen LogP contribution in [0.4, 0.5) is 0 Å². The molecule has 0 aromatic carbocycles. The van der Waals surface area contributed by atoms with Crippen molar-refractivity contribution < 1.29 is 0 Å². The minimum absolute atomic E-state index is 0.0310. The molecule has 0 aliphatic carbocycles. The summed E-state index contributed by atoms with van der Waals surface area (Å²) in [6.07, 6.45) is 0.932. The number of hydrogen-bond donors (Lipinski definition) is 1. The third-order valence-corrected chi connectivity index (χ3v) is 3.67. The lowest BCUT2D eigenvalue weighted by molar-refractivity contribution is 0.839. The lowest BCUT2D eigenvalue weighted by Gasteiger charge is -2.00. The topological polar surface area (TPSA) is 45.8 Å². The number of nitrogens with one attached hydrogen (secondary N) is 1. The molecular weight excluding hydrogens is 228 g/mol. The maximum Gasteiger partial charge on any atom is 0.265 e. The molecule has 0 saturated carbocycles. The third kappa shape index (κ3) is 3.01. The quantitative estimate of drug-likeness (QED) is 0.641. The van der Waals surface area contributed by atoms with E-state index in [1.807, 2.05) is 20.8 Å². The molecule has 15 heavy (non-hydrogen) atoms. The summed E-state index contributed by atoms with van der Waals surface area (Å²) in [6, 6.07) is 0. The maximum absolute atomic E-state index is 11.5. The van der Waals surface area contributed by atoms with Gasteiger partial charge in [-0.15, -0.1) is 11.8 Å². The van der Waals surface area contributed by atoms with Crippen molar-refractivity contribution in [2.24, 2.45) is 0 Å². The van der Waals surface area contributed by atoms with Crippen molar-refractivity contribution in [2.75, 3.05) is 11.5 Å². The van der Waals surface area contributed by atoms with Gasteiger partial charge < -0.3 is 4.98 Å². The second kappa shape index (κ2) is 6.23. The average Bonchev–Trinajstić information content (AvgIpc) is 2.70. The van der Waals surface area contributed by atoms with Crippen LogP contribution in [0, 0.1) is 0 Å². The van der Waals surface area contributed by atoms with Gasteiger partial charge >= 0.3 is 0 Å². The molecule has 0 bridgehead atoms. The van der Waals surface area contributed by atoms with Crippen LogP contribution in [0.3, 0.4) is 0 Å². The first-order valence-corrected chi connectivity index (χ1v) is 7.17. The highest BCUT2D eigenvalue weighted by atomic mass is 32.2. The van der Waals surface area contributed by atoms with E-state index in [1.54, 1.807) is 23.5 Å². The molecule has 5 heteroatoms. The van der Waals surface area contributed by atoms with Crippen LogP contribution in [0.25, 0.3) is 0 Å². The van der Waals surface area contributed by atoms with Gasteiger partial charge in [0.2, 0.25) is 0 Å². The number of hydrogen-bond acceptors (Lipinski definition) is 4. The van der Waals surface area contributed by atoms with Crippen LogP contribution < -0.4 is 5.56 Å². The highest BCUT2D eigenvalue weighted by molar-refractivity contribution is 7.99. The van der Waals surface area contributed by atoms with Gasteiger partial charge in [-0.05, 0) is 5.75 Å². The van der Waals surface area contributed by atoms with Gasteiger partial charge in [0.15, 0.2) is 5.16 Å². The summed E-state index contributed by atoms with van der Waals surface area (Å²) in [6.45, 7) is 6.05. The van der Waals surface area contributed by atoms with Crippen molar-refractivity contribution in [1.29, 1.82) is 0 Å². The van der Waals surface area contributed by atoms with Gasteiger partial charge in [0, 0.05) is 12.2 Å². The number of nitrogens with zero attached hydrogens (tertiary/aromatic N) is 1. The van der Waals surface area contributed by atoms with E-state index in [0.717, 1.165) is 33.7 Å². The number of aromatic amines is 1. The van der Waals surface area contributed by atoms with Crippen LogP contribution in [0.2, 0.25) is 0 Å². The number of aryl methyl sites for hydroxylation is 1. The Hall–Kier alpha value is -0.420.